The Balaban J connectivity index is 2.71. The molecule has 0 spiro atoms. The van der Waals surface area contributed by atoms with Crippen molar-refractivity contribution < 1.29 is 0 Å². The topological polar surface area (TPSA) is 28.2 Å². The lowest BCUT2D eigenvalue weighted by Gasteiger charge is -2.23. The molecule has 1 atom stereocenters. The number of aryl methyl sites for hydroxylation is 1. The number of anilines is 1. The van der Waals surface area contributed by atoms with Gasteiger partial charge >= 0.3 is 0 Å². The fourth-order valence-corrected chi connectivity index (χ4v) is 2.86. The molecule has 1 aromatic rings. The van der Waals surface area contributed by atoms with Crippen LogP contribution in [0.4, 0.5) is 5.13 Å². The average molecular weight is 255 g/mol. The van der Waals surface area contributed by atoms with Gasteiger partial charge in [0.15, 0.2) is 5.13 Å². The van der Waals surface area contributed by atoms with Gasteiger partial charge in [0.05, 0.1) is 5.69 Å². The number of aromatic nitrogens is 1. The Bertz CT molecular complexity index is 335. The largest absolute Gasteiger partial charge is 0.348 e. The van der Waals surface area contributed by atoms with Gasteiger partial charge in [0.25, 0.3) is 0 Å². The number of nitrogens with one attached hydrogen (secondary N) is 1. The lowest BCUT2D eigenvalue weighted by Crippen LogP contribution is -2.28. The minimum absolute atomic E-state index is 0.567. The Morgan fingerprint density at radius 1 is 1.41 bits per heavy atom. The van der Waals surface area contributed by atoms with Gasteiger partial charge in [-0.2, -0.15) is 0 Å². The quantitative estimate of drug-likeness (QED) is 0.811. The lowest BCUT2D eigenvalue weighted by atomic mass is 10.2. The highest BCUT2D eigenvalue weighted by Gasteiger charge is 2.14. The molecule has 0 aliphatic heterocycles. The predicted molar refractivity (Wildman–Crippen MR) is 77.0 cm³/mol. The van der Waals surface area contributed by atoms with Gasteiger partial charge < -0.3 is 10.2 Å². The van der Waals surface area contributed by atoms with Crippen molar-refractivity contribution in [1.29, 1.82) is 0 Å². The molecular formula is C13H25N3S. The van der Waals surface area contributed by atoms with Crippen LogP contribution in [0.5, 0.6) is 0 Å². The van der Waals surface area contributed by atoms with Crippen molar-refractivity contribution in [3.8, 4) is 0 Å². The number of thiazole rings is 1. The summed E-state index contributed by atoms with van der Waals surface area (Å²) < 4.78 is 0. The number of rotatable bonds is 7. The fraction of sp³-hybridized carbons (Fsp3) is 0.769. The molecular weight excluding hydrogens is 230 g/mol. The maximum absolute atomic E-state index is 4.67. The van der Waals surface area contributed by atoms with Gasteiger partial charge in [-0.3, -0.25) is 0 Å². The first-order valence-electron chi connectivity index (χ1n) is 6.49. The van der Waals surface area contributed by atoms with Crippen molar-refractivity contribution in [3.05, 3.63) is 10.6 Å². The summed E-state index contributed by atoms with van der Waals surface area (Å²) in [5.41, 5.74) is 1.17. The Hall–Kier alpha value is -0.610. The van der Waals surface area contributed by atoms with Gasteiger partial charge in [0.1, 0.15) is 0 Å². The molecule has 0 aliphatic carbocycles. The first-order valence-corrected chi connectivity index (χ1v) is 7.31. The summed E-state index contributed by atoms with van der Waals surface area (Å²) in [5.74, 6) is 0. The van der Waals surface area contributed by atoms with Crippen LogP contribution in [0.25, 0.3) is 0 Å². The van der Waals surface area contributed by atoms with Crippen LogP contribution in [0, 0.1) is 6.92 Å². The summed E-state index contributed by atoms with van der Waals surface area (Å²) in [6, 6.07) is 0.567. The molecule has 0 aromatic carbocycles. The van der Waals surface area contributed by atoms with E-state index in [1.807, 2.05) is 11.3 Å². The molecule has 98 valence electrons. The zero-order chi connectivity index (χ0) is 12.8. The molecule has 1 aromatic heterocycles. The zero-order valence-electron chi connectivity index (χ0n) is 11.7. The first kappa shape index (κ1) is 14.5. The third-order valence-corrected chi connectivity index (χ3v) is 4.33. The Morgan fingerprint density at radius 2 is 2.12 bits per heavy atom. The SMILES string of the molecule is CCCC(C)N(C)c1nc(C)c(CNCC)s1. The highest BCUT2D eigenvalue weighted by molar-refractivity contribution is 7.15. The molecule has 3 nitrogen and oxygen atoms in total. The number of hydrogen-bond donors (Lipinski definition) is 1. The summed E-state index contributed by atoms with van der Waals surface area (Å²) in [6.07, 6.45) is 2.44. The molecule has 1 rings (SSSR count). The van der Waals surface area contributed by atoms with Crippen LogP contribution in [0.1, 0.15) is 44.2 Å². The number of hydrogen-bond acceptors (Lipinski definition) is 4. The molecule has 1 N–H and O–H groups in total. The molecule has 1 unspecified atom stereocenters. The monoisotopic (exact) mass is 255 g/mol. The van der Waals surface area contributed by atoms with E-state index >= 15 is 0 Å². The second-order valence-electron chi connectivity index (χ2n) is 4.53. The summed E-state index contributed by atoms with van der Waals surface area (Å²) in [6.45, 7) is 10.7. The van der Waals surface area contributed by atoms with Crippen LogP contribution in [-0.2, 0) is 6.54 Å². The van der Waals surface area contributed by atoms with Crippen LogP contribution in [0.2, 0.25) is 0 Å². The van der Waals surface area contributed by atoms with Crippen LogP contribution in [0.15, 0.2) is 0 Å². The van der Waals surface area contributed by atoms with Gasteiger partial charge in [-0.05, 0) is 26.8 Å². The lowest BCUT2D eigenvalue weighted by molar-refractivity contribution is 0.615. The summed E-state index contributed by atoms with van der Waals surface area (Å²) in [4.78, 5) is 8.33. The van der Waals surface area contributed by atoms with E-state index in [0.29, 0.717) is 6.04 Å². The van der Waals surface area contributed by atoms with Crippen molar-refractivity contribution in [3.63, 3.8) is 0 Å². The van der Waals surface area contributed by atoms with Crippen LogP contribution >= 0.6 is 11.3 Å². The minimum atomic E-state index is 0.567. The maximum Gasteiger partial charge on any atom is 0.185 e. The van der Waals surface area contributed by atoms with E-state index in [9.17, 15) is 0 Å². The molecule has 17 heavy (non-hydrogen) atoms. The molecule has 0 aliphatic rings. The van der Waals surface area contributed by atoms with Gasteiger partial charge in [0, 0.05) is 24.5 Å². The smallest absolute Gasteiger partial charge is 0.185 e. The van der Waals surface area contributed by atoms with Crippen molar-refractivity contribution in [1.82, 2.24) is 10.3 Å². The van der Waals surface area contributed by atoms with Gasteiger partial charge in [-0.15, -0.1) is 11.3 Å². The maximum atomic E-state index is 4.67. The van der Waals surface area contributed by atoms with Crippen molar-refractivity contribution in [2.24, 2.45) is 0 Å². The summed E-state index contributed by atoms with van der Waals surface area (Å²) in [7, 11) is 2.15. The van der Waals surface area contributed by atoms with Crippen LogP contribution in [0.3, 0.4) is 0 Å². The normalized spacial score (nSPS) is 12.8. The van der Waals surface area contributed by atoms with Crippen molar-refractivity contribution in [2.45, 2.75) is 53.1 Å². The molecule has 0 amide bonds. The summed E-state index contributed by atoms with van der Waals surface area (Å²) >= 11 is 1.81. The van der Waals surface area contributed by atoms with E-state index < -0.39 is 0 Å². The second kappa shape index (κ2) is 6.97. The zero-order valence-corrected chi connectivity index (χ0v) is 12.5. The fourth-order valence-electron chi connectivity index (χ4n) is 1.77. The molecule has 0 saturated carbocycles. The molecule has 0 bridgehead atoms. The van der Waals surface area contributed by atoms with E-state index in [1.165, 1.54) is 23.4 Å². The van der Waals surface area contributed by atoms with Crippen molar-refractivity contribution in [2.75, 3.05) is 18.5 Å². The standard InChI is InChI=1S/C13H25N3S/c1-6-8-10(3)16(5)13-15-11(4)12(17-13)9-14-7-2/h10,14H,6-9H2,1-5H3. The molecule has 1 heterocycles. The number of nitrogens with zero attached hydrogens (tertiary/aromatic N) is 2. The van der Waals surface area contributed by atoms with E-state index in [2.05, 4.69) is 49.9 Å². The summed E-state index contributed by atoms with van der Waals surface area (Å²) in [5, 5.41) is 4.51. The van der Waals surface area contributed by atoms with E-state index in [1.54, 1.807) is 0 Å². The first-order chi connectivity index (χ1) is 8.10. The van der Waals surface area contributed by atoms with Gasteiger partial charge in [-0.1, -0.05) is 20.3 Å². The molecule has 4 heteroatoms. The van der Waals surface area contributed by atoms with Crippen LogP contribution in [-0.4, -0.2) is 24.6 Å². The van der Waals surface area contributed by atoms with E-state index in [0.717, 1.165) is 18.2 Å². The third kappa shape index (κ3) is 3.96. The van der Waals surface area contributed by atoms with Gasteiger partial charge in [-0.25, -0.2) is 4.98 Å². The Morgan fingerprint density at radius 3 is 2.71 bits per heavy atom. The highest BCUT2D eigenvalue weighted by atomic mass is 32.1. The molecule has 0 saturated heterocycles. The highest BCUT2D eigenvalue weighted by Crippen LogP contribution is 2.27. The average Bonchev–Trinajstić information content (AvgIpc) is 2.67. The Kier molecular flexibility index (Phi) is 5.92. The molecule has 0 fully saturated rings. The van der Waals surface area contributed by atoms with Crippen LogP contribution < -0.4 is 10.2 Å². The Labute approximate surface area is 109 Å². The van der Waals surface area contributed by atoms with Gasteiger partial charge in [0.2, 0.25) is 0 Å². The second-order valence-corrected chi connectivity index (χ2v) is 5.60. The van der Waals surface area contributed by atoms with E-state index in [4.69, 9.17) is 0 Å². The van der Waals surface area contributed by atoms with E-state index in [-0.39, 0.29) is 0 Å². The molecule has 0 radical (unpaired) electrons. The van der Waals surface area contributed by atoms with Crippen molar-refractivity contribution >= 4 is 16.5 Å². The third-order valence-electron chi connectivity index (χ3n) is 3.09. The predicted octanol–water partition coefficient (Wildman–Crippen LogP) is 3.19. The minimum Gasteiger partial charge on any atom is -0.348 e.